The van der Waals surface area contributed by atoms with E-state index < -0.39 is 16.8 Å². The molecule has 1 heterocycles. The number of methoxy groups -OCH3 is 1. The smallest absolute Gasteiger partial charge is 0.347 e. The van der Waals surface area contributed by atoms with Crippen LogP contribution in [-0.2, 0) is 11.3 Å². The molecule has 0 saturated heterocycles. The van der Waals surface area contributed by atoms with Crippen molar-refractivity contribution in [3.63, 3.8) is 0 Å². The Morgan fingerprint density at radius 2 is 1.97 bits per heavy atom. The molecule has 0 aliphatic heterocycles. The maximum Gasteiger partial charge on any atom is 0.347 e. The molecule has 0 unspecified atom stereocenters. The van der Waals surface area contributed by atoms with Crippen molar-refractivity contribution in [2.75, 3.05) is 7.11 Å². The van der Waals surface area contributed by atoms with Gasteiger partial charge in [0.15, 0.2) is 0 Å². The number of nitrogens with zero attached hydrogens (tertiary/aromatic N) is 4. The van der Waals surface area contributed by atoms with Gasteiger partial charge in [-0.05, 0) is 42.0 Å². The first-order valence-corrected chi connectivity index (χ1v) is 8.90. The van der Waals surface area contributed by atoms with Gasteiger partial charge in [-0.2, -0.15) is 10.2 Å². The van der Waals surface area contributed by atoms with E-state index in [9.17, 15) is 19.7 Å². The minimum absolute atomic E-state index is 0.206. The number of carbonyl (C=O) groups is 2. The van der Waals surface area contributed by atoms with Crippen molar-refractivity contribution in [1.29, 1.82) is 0 Å². The Morgan fingerprint density at radius 3 is 2.65 bits per heavy atom. The van der Waals surface area contributed by atoms with E-state index in [0.717, 1.165) is 17.1 Å². The summed E-state index contributed by atoms with van der Waals surface area (Å²) in [6.07, 6.45) is 3.60. The molecule has 1 amide bonds. The predicted octanol–water partition coefficient (Wildman–Crippen LogP) is 2.17. The van der Waals surface area contributed by atoms with Gasteiger partial charge in [0.05, 0.1) is 18.2 Å². The molecule has 0 saturated carbocycles. The van der Waals surface area contributed by atoms with Gasteiger partial charge in [0, 0.05) is 0 Å². The lowest BCUT2D eigenvalue weighted by Crippen LogP contribution is -2.23. The first-order valence-electron chi connectivity index (χ1n) is 8.90. The zero-order valence-corrected chi connectivity index (χ0v) is 16.3. The number of hydrazone groups is 1. The Balaban J connectivity index is 1.52. The number of nitro groups is 1. The molecule has 0 spiro atoms. The van der Waals surface area contributed by atoms with Gasteiger partial charge in [-0.3, -0.25) is 19.6 Å². The van der Waals surface area contributed by atoms with Crippen molar-refractivity contribution in [3.8, 4) is 11.5 Å². The summed E-state index contributed by atoms with van der Waals surface area (Å²) >= 11 is 0. The molecule has 0 aliphatic rings. The lowest BCUT2D eigenvalue weighted by molar-refractivity contribution is -0.385. The van der Waals surface area contributed by atoms with Crippen LogP contribution >= 0.6 is 0 Å². The highest BCUT2D eigenvalue weighted by molar-refractivity contribution is 5.94. The highest BCUT2D eigenvalue weighted by Gasteiger charge is 2.14. The molecule has 11 nitrogen and oxygen atoms in total. The van der Waals surface area contributed by atoms with Crippen molar-refractivity contribution in [2.24, 2.45) is 5.10 Å². The van der Waals surface area contributed by atoms with Crippen LogP contribution in [-0.4, -0.2) is 39.9 Å². The molecule has 1 aromatic heterocycles. The number of amides is 1. The van der Waals surface area contributed by atoms with E-state index >= 15 is 0 Å². The molecule has 0 bridgehead atoms. The summed E-state index contributed by atoms with van der Waals surface area (Å²) in [5, 5.41) is 18.1. The van der Waals surface area contributed by atoms with Gasteiger partial charge in [0.1, 0.15) is 36.0 Å². The molecule has 158 valence electrons. The molecule has 31 heavy (non-hydrogen) atoms. The van der Waals surface area contributed by atoms with Crippen LogP contribution in [0.25, 0.3) is 0 Å². The summed E-state index contributed by atoms with van der Waals surface area (Å²) in [6, 6.07) is 13.2. The molecule has 11 heteroatoms. The maximum absolute atomic E-state index is 12.3. The summed E-state index contributed by atoms with van der Waals surface area (Å²) < 4.78 is 11.6. The Bertz CT molecular complexity index is 1120. The second-order valence-electron chi connectivity index (χ2n) is 6.11. The SMILES string of the molecule is COc1ccccc1C(=O)Oc1ccc(/C=N/NC(=O)Cn2cc([N+](=O)[O-])cn2)cc1. The second kappa shape index (κ2) is 9.78. The monoisotopic (exact) mass is 423 g/mol. The highest BCUT2D eigenvalue weighted by atomic mass is 16.6. The van der Waals surface area contributed by atoms with Gasteiger partial charge in [-0.25, -0.2) is 10.2 Å². The number of benzene rings is 2. The number of aromatic nitrogens is 2. The van der Waals surface area contributed by atoms with E-state index in [0.29, 0.717) is 22.6 Å². The molecule has 0 aliphatic carbocycles. The van der Waals surface area contributed by atoms with Crippen LogP contribution < -0.4 is 14.9 Å². The molecule has 1 N–H and O–H groups in total. The number of rotatable bonds is 8. The average molecular weight is 423 g/mol. The summed E-state index contributed by atoms with van der Waals surface area (Å²) in [5.41, 5.74) is 3.05. The van der Waals surface area contributed by atoms with Gasteiger partial charge in [0.25, 0.3) is 5.91 Å². The topological polar surface area (TPSA) is 138 Å². The van der Waals surface area contributed by atoms with Gasteiger partial charge in [-0.15, -0.1) is 0 Å². The van der Waals surface area contributed by atoms with Crippen LogP contribution in [0.1, 0.15) is 15.9 Å². The van der Waals surface area contributed by atoms with E-state index in [1.54, 1.807) is 48.5 Å². The average Bonchev–Trinajstić information content (AvgIpc) is 3.23. The summed E-state index contributed by atoms with van der Waals surface area (Å²) in [7, 11) is 1.47. The molecule has 3 rings (SSSR count). The van der Waals surface area contributed by atoms with Crippen molar-refractivity contribution < 1.29 is 24.0 Å². The standard InChI is InChI=1S/C20H17N5O6/c1-30-18-5-3-2-4-17(18)20(27)31-16-8-6-14(7-9-16)10-21-23-19(26)13-24-12-15(11-22-24)25(28)29/h2-12H,13H2,1H3,(H,23,26)/b21-10+. The Hall–Kier alpha value is -4.54. The van der Waals surface area contributed by atoms with Gasteiger partial charge in [-0.1, -0.05) is 12.1 Å². The van der Waals surface area contributed by atoms with Crippen molar-refractivity contribution in [2.45, 2.75) is 6.54 Å². The van der Waals surface area contributed by atoms with Crippen molar-refractivity contribution in [3.05, 3.63) is 82.2 Å². The molecule has 0 atom stereocenters. The Labute approximate surface area is 176 Å². The third-order valence-electron chi connectivity index (χ3n) is 3.96. The highest BCUT2D eigenvalue weighted by Crippen LogP contribution is 2.20. The number of esters is 1. The quantitative estimate of drug-likeness (QED) is 0.193. The molecular formula is C20H17N5O6. The summed E-state index contributed by atoms with van der Waals surface area (Å²) in [4.78, 5) is 34.1. The minimum Gasteiger partial charge on any atom is -0.496 e. The molecule has 0 radical (unpaired) electrons. The number of hydrogen-bond donors (Lipinski definition) is 1. The fraction of sp³-hybridized carbons (Fsp3) is 0.100. The van der Waals surface area contributed by atoms with Crippen molar-refractivity contribution in [1.82, 2.24) is 15.2 Å². The fourth-order valence-corrected chi connectivity index (χ4v) is 2.49. The van der Waals surface area contributed by atoms with E-state index in [2.05, 4.69) is 15.6 Å². The van der Waals surface area contributed by atoms with Crippen LogP contribution in [0, 0.1) is 10.1 Å². The van der Waals surface area contributed by atoms with Gasteiger partial charge in [0.2, 0.25) is 0 Å². The van der Waals surface area contributed by atoms with Crippen LogP contribution in [0.3, 0.4) is 0 Å². The predicted molar refractivity (Wildman–Crippen MR) is 109 cm³/mol. The lowest BCUT2D eigenvalue weighted by Gasteiger charge is -2.08. The number of nitrogens with one attached hydrogen (secondary N) is 1. The third kappa shape index (κ3) is 5.73. The zero-order valence-electron chi connectivity index (χ0n) is 16.3. The van der Waals surface area contributed by atoms with Crippen LogP contribution in [0.5, 0.6) is 11.5 Å². The molecular weight excluding hydrogens is 406 g/mol. The first-order chi connectivity index (χ1) is 15.0. The van der Waals surface area contributed by atoms with Gasteiger partial charge >= 0.3 is 11.7 Å². The molecule has 3 aromatic rings. The normalized spacial score (nSPS) is 10.6. The maximum atomic E-state index is 12.3. The summed E-state index contributed by atoms with van der Waals surface area (Å²) in [5.74, 6) is -0.310. The number of para-hydroxylation sites is 1. The number of hydrogen-bond acceptors (Lipinski definition) is 8. The van der Waals surface area contributed by atoms with Crippen LogP contribution in [0.2, 0.25) is 0 Å². The fourth-order valence-electron chi connectivity index (χ4n) is 2.49. The van der Waals surface area contributed by atoms with E-state index in [1.165, 1.54) is 13.3 Å². The second-order valence-corrected chi connectivity index (χ2v) is 6.11. The van der Waals surface area contributed by atoms with E-state index in [4.69, 9.17) is 9.47 Å². The molecule has 0 fully saturated rings. The van der Waals surface area contributed by atoms with E-state index in [-0.39, 0.29) is 12.2 Å². The van der Waals surface area contributed by atoms with Crippen LogP contribution in [0.15, 0.2) is 66.0 Å². The summed E-state index contributed by atoms with van der Waals surface area (Å²) in [6.45, 7) is -0.219. The minimum atomic E-state index is -0.600. The zero-order chi connectivity index (χ0) is 22.2. The van der Waals surface area contributed by atoms with Crippen molar-refractivity contribution >= 4 is 23.8 Å². The number of carbonyl (C=O) groups excluding carboxylic acids is 2. The Kier molecular flexibility index (Phi) is 6.68. The lowest BCUT2D eigenvalue weighted by atomic mass is 10.2. The molecule has 2 aromatic carbocycles. The third-order valence-corrected chi connectivity index (χ3v) is 3.96. The van der Waals surface area contributed by atoms with Gasteiger partial charge < -0.3 is 9.47 Å². The first kappa shape index (κ1) is 21.2. The largest absolute Gasteiger partial charge is 0.496 e. The van der Waals surface area contributed by atoms with E-state index in [1.807, 2.05) is 0 Å². The number of ether oxygens (including phenoxy) is 2. The van der Waals surface area contributed by atoms with Crippen LogP contribution in [0.4, 0.5) is 5.69 Å². The Morgan fingerprint density at radius 1 is 1.23 bits per heavy atom.